The summed E-state index contributed by atoms with van der Waals surface area (Å²) < 4.78 is 0. The summed E-state index contributed by atoms with van der Waals surface area (Å²) in [7, 11) is 0. The van der Waals surface area contributed by atoms with Crippen LogP contribution in [-0.4, -0.2) is 15.1 Å². The zero-order valence-corrected chi connectivity index (χ0v) is 6.64. The minimum Gasteiger partial charge on any atom is -0.493 e. The number of aromatic nitrogens is 2. The standard InChI is InChI=1S/C7H12N2O2/c1-4(2)3-5-6(10)9-7(11)8-5/h4,10H,3H2,1-2H3,(H2,8,9,11). The maximum absolute atomic E-state index is 10.6. The minimum atomic E-state index is -0.349. The highest BCUT2D eigenvalue weighted by molar-refractivity contribution is 5.15. The first-order valence-electron chi connectivity index (χ1n) is 3.59. The van der Waals surface area contributed by atoms with Gasteiger partial charge in [-0.1, -0.05) is 13.8 Å². The van der Waals surface area contributed by atoms with Crippen molar-refractivity contribution in [1.29, 1.82) is 0 Å². The van der Waals surface area contributed by atoms with Crippen molar-refractivity contribution in [3.8, 4) is 5.88 Å². The van der Waals surface area contributed by atoms with Gasteiger partial charge in [0.25, 0.3) is 0 Å². The van der Waals surface area contributed by atoms with Gasteiger partial charge in [0.05, 0.1) is 5.69 Å². The van der Waals surface area contributed by atoms with Crippen LogP contribution in [0.3, 0.4) is 0 Å². The molecule has 0 aliphatic carbocycles. The van der Waals surface area contributed by atoms with E-state index in [4.69, 9.17) is 5.11 Å². The van der Waals surface area contributed by atoms with Crippen LogP contribution < -0.4 is 5.69 Å². The summed E-state index contributed by atoms with van der Waals surface area (Å²) >= 11 is 0. The third kappa shape index (κ3) is 1.86. The highest BCUT2D eigenvalue weighted by Gasteiger charge is 2.06. The molecule has 0 saturated heterocycles. The molecule has 62 valence electrons. The van der Waals surface area contributed by atoms with E-state index in [2.05, 4.69) is 9.97 Å². The Labute approximate surface area is 64.3 Å². The van der Waals surface area contributed by atoms with E-state index in [1.54, 1.807) is 0 Å². The number of aromatic hydroxyl groups is 1. The SMILES string of the molecule is CC(C)Cc1[nH]c(=O)[nH]c1O. The first-order chi connectivity index (χ1) is 5.09. The van der Waals surface area contributed by atoms with Crippen molar-refractivity contribution in [1.82, 2.24) is 9.97 Å². The number of hydrogen-bond donors (Lipinski definition) is 3. The highest BCUT2D eigenvalue weighted by Crippen LogP contribution is 2.12. The van der Waals surface area contributed by atoms with Gasteiger partial charge in [0.2, 0.25) is 5.88 Å². The zero-order chi connectivity index (χ0) is 8.43. The molecule has 0 aliphatic heterocycles. The van der Waals surface area contributed by atoms with Gasteiger partial charge in [0.15, 0.2) is 0 Å². The van der Waals surface area contributed by atoms with Crippen molar-refractivity contribution in [2.45, 2.75) is 20.3 Å². The fraction of sp³-hybridized carbons (Fsp3) is 0.571. The Bertz CT molecular complexity index is 285. The van der Waals surface area contributed by atoms with Gasteiger partial charge in [0.1, 0.15) is 0 Å². The zero-order valence-electron chi connectivity index (χ0n) is 6.64. The number of H-pyrrole nitrogens is 2. The Morgan fingerprint density at radius 1 is 1.45 bits per heavy atom. The number of imidazole rings is 1. The van der Waals surface area contributed by atoms with Gasteiger partial charge in [-0.15, -0.1) is 0 Å². The molecule has 0 spiro atoms. The molecule has 0 bridgehead atoms. The summed E-state index contributed by atoms with van der Waals surface area (Å²) in [6, 6.07) is 0. The average molecular weight is 156 g/mol. The Kier molecular flexibility index (Phi) is 2.03. The Morgan fingerprint density at radius 2 is 2.09 bits per heavy atom. The first kappa shape index (κ1) is 7.91. The van der Waals surface area contributed by atoms with E-state index in [9.17, 15) is 4.79 Å². The van der Waals surface area contributed by atoms with Crippen LogP contribution in [0.25, 0.3) is 0 Å². The lowest BCUT2D eigenvalue weighted by Gasteiger charge is -2.00. The molecule has 11 heavy (non-hydrogen) atoms. The van der Waals surface area contributed by atoms with E-state index in [1.807, 2.05) is 13.8 Å². The molecule has 0 amide bonds. The molecule has 0 atom stereocenters. The molecule has 1 aromatic heterocycles. The minimum absolute atomic E-state index is 0.0382. The molecular formula is C7H12N2O2. The molecule has 4 heteroatoms. The Hall–Kier alpha value is -1.19. The van der Waals surface area contributed by atoms with Crippen molar-refractivity contribution < 1.29 is 5.11 Å². The number of nitrogens with one attached hydrogen (secondary N) is 2. The fourth-order valence-electron chi connectivity index (χ4n) is 0.966. The second-order valence-corrected chi connectivity index (χ2v) is 3.00. The topological polar surface area (TPSA) is 68.9 Å². The van der Waals surface area contributed by atoms with E-state index >= 15 is 0 Å². The van der Waals surface area contributed by atoms with Crippen molar-refractivity contribution >= 4 is 0 Å². The highest BCUT2D eigenvalue weighted by atomic mass is 16.3. The average Bonchev–Trinajstić information content (AvgIpc) is 2.09. The van der Waals surface area contributed by atoms with Gasteiger partial charge in [-0.2, -0.15) is 0 Å². The van der Waals surface area contributed by atoms with Crippen LogP contribution >= 0.6 is 0 Å². The molecule has 0 saturated carbocycles. The Morgan fingerprint density at radius 3 is 2.45 bits per heavy atom. The third-order valence-electron chi connectivity index (χ3n) is 1.39. The first-order valence-corrected chi connectivity index (χ1v) is 3.59. The van der Waals surface area contributed by atoms with E-state index in [0.717, 1.165) is 0 Å². The van der Waals surface area contributed by atoms with Gasteiger partial charge in [-0.3, -0.25) is 4.98 Å². The van der Waals surface area contributed by atoms with Crippen LogP contribution in [0.2, 0.25) is 0 Å². The van der Waals surface area contributed by atoms with Crippen LogP contribution in [0.5, 0.6) is 5.88 Å². The molecular weight excluding hydrogens is 144 g/mol. The summed E-state index contributed by atoms with van der Waals surface area (Å²) in [6.45, 7) is 4.04. The lowest BCUT2D eigenvalue weighted by molar-refractivity contribution is 0.443. The largest absolute Gasteiger partial charge is 0.493 e. The predicted octanol–water partition coefficient (Wildman–Crippen LogP) is 0.607. The molecule has 0 aliphatic rings. The van der Waals surface area contributed by atoms with Crippen molar-refractivity contribution in [2.24, 2.45) is 5.92 Å². The lowest BCUT2D eigenvalue weighted by Crippen LogP contribution is -2.02. The summed E-state index contributed by atoms with van der Waals surface area (Å²) in [6.07, 6.45) is 0.685. The van der Waals surface area contributed by atoms with Gasteiger partial charge in [-0.05, 0) is 12.3 Å². The maximum atomic E-state index is 10.6. The third-order valence-corrected chi connectivity index (χ3v) is 1.39. The van der Waals surface area contributed by atoms with Crippen molar-refractivity contribution in [2.75, 3.05) is 0 Å². The van der Waals surface area contributed by atoms with E-state index in [-0.39, 0.29) is 11.6 Å². The molecule has 3 N–H and O–H groups in total. The van der Waals surface area contributed by atoms with Crippen LogP contribution in [-0.2, 0) is 6.42 Å². The number of hydrogen-bond acceptors (Lipinski definition) is 2. The van der Waals surface area contributed by atoms with Crippen LogP contribution in [0.1, 0.15) is 19.5 Å². The molecule has 0 radical (unpaired) electrons. The summed E-state index contributed by atoms with van der Waals surface area (Å²) in [5.74, 6) is 0.385. The molecule has 0 fully saturated rings. The predicted molar refractivity (Wildman–Crippen MR) is 41.6 cm³/mol. The lowest BCUT2D eigenvalue weighted by atomic mass is 10.1. The molecule has 1 rings (SSSR count). The molecule has 0 unspecified atom stereocenters. The maximum Gasteiger partial charge on any atom is 0.325 e. The summed E-state index contributed by atoms with van der Waals surface area (Å²) in [4.78, 5) is 15.4. The smallest absolute Gasteiger partial charge is 0.325 e. The fourth-order valence-corrected chi connectivity index (χ4v) is 0.966. The van der Waals surface area contributed by atoms with Crippen molar-refractivity contribution in [3.05, 3.63) is 16.2 Å². The van der Waals surface area contributed by atoms with Gasteiger partial charge >= 0.3 is 5.69 Å². The quantitative estimate of drug-likeness (QED) is 0.587. The van der Waals surface area contributed by atoms with Crippen LogP contribution in [0, 0.1) is 5.92 Å². The Balaban J connectivity index is 2.86. The van der Waals surface area contributed by atoms with E-state index in [1.165, 1.54) is 0 Å². The number of rotatable bonds is 2. The molecule has 1 heterocycles. The van der Waals surface area contributed by atoms with E-state index < -0.39 is 0 Å². The summed E-state index contributed by atoms with van der Waals surface area (Å²) in [5, 5.41) is 9.09. The second-order valence-electron chi connectivity index (χ2n) is 3.00. The van der Waals surface area contributed by atoms with E-state index in [0.29, 0.717) is 18.0 Å². The van der Waals surface area contributed by atoms with Crippen LogP contribution in [0.15, 0.2) is 4.79 Å². The van der Waals surface area contributed by atoms with Crippen LogP contribution in [0.4, 0.5) is 0 Å². The van der Waals surface area contributed by atoms with Gasteiger partial charge < -0.3 is 10.1 Å². The number of aromatic amines is 2. The van der Waals surface area contributed by atoms with Crippen molar-refractivity contribution in [3.63, 3.8) is 0 Å². The second kappa shape index (κ2) is 2.82. The van der Waals surface area contributed by atoms with Gasteiger partial charge in [-0.25, -0.2) is 4.79 Å². The summed E-state index contributed by atoms with van der Waals surface area (Å²) in [5.41, 5.74) is 0.239. The molecule has 1 aromatic rings. The normalized spacial score (nSPS) is 10.8. The molecule has 4 nitrogen and oxygen atoms in total. The monoisotopic (exact) mass is 156 g/mol. The van der Waals surface area contributed by atoms with Gasteiger partial charge in [0, 0.05) is 0 Å². The molecule has 0 aromatic carbocycles.